The summed E-state index contributed by atoms with van der Waals surface area (Å²) in [7, 11) is -3.71. The second-order valence-corrected chi connectivity index (χ2v) is 7.22. The van der Waals surface area contributed by atoms with Crippen LogP contribution in [0.4, 0.5) is 0 Å². The summed E-state index contributed by atoms with van der Waals surface area (Å²) in [4.78, 5) is 15.5. The van der Waals surface area contributed by atoms with Gasteiger partial charge in [0.05, 0.1) is 0 Å². The molecule has 0 bridgehead atoms. The predicted molar refractivity (Wildman–Crippen MR) is 81.7 cm³/mol. The minimum Gasteiger partial charge on any atom is -0.296 e. The molecule has 2 heterocycles. The highest BCUT2D eigenvalue weighted by Crippen LogP contribution is 2.23. The smallest absolute Gasteiger partial charge is 0.262 e. The SMILES string of the molecule is Cc1ccc(-n2cnc(S(=O)(=O)N3CCCC3)c2C=O)cc1. The second-order valence-electron chi connectivity index (χ2n) is 5.37. The van der Waals surface area contributed by atoms with Crippen LogP contribution in [0.25, 0.3) is 5.69 Å². The maximum Gasteiger partial charge on any atom is 0.262 e. The first kappa shape index (κ1) is 14.9. The van der Waals surface area contributed by atoms with E-state index in [1.165, 1.54) is 15.2 Å². The Morgan fingerprint density at radius 3 is 2.36 bits per heavy atom. The maximum absolute atomic E-state index is 12.6. The van der Waals surface area contributed by atoms with Crippen LogP contribution in [-0.2, 0) is 10.0 Å². The fourth-order valence-electron chi connectivity index (χ4n) is 2.61. The first-order chi connectivity index (χ1) is 10.5. The van der Waals surface area contributed by atoms with Gasteiger partial charge in [0.25, 0.3) is 10.0 Å². The van der Waals surface area contributed by atoms with Crippen molar-refractivity contribution in [2.24, 2.45) is 0 Å². The van der Waals surface area contributed by atoms with E-state index in [0.717, 1.165) is 18.4 Å². The van der Waals surface area contributed by atoms with Gasteiger partial charge in [-0.05, 0) is 31.9 Å². The van der Waals surface area contributed by atoms with Gasteiger partial charge in [0.2, 0.25) is 0 Å². The van der Waals surface area contributed by atoms with E-state index < -0.39 is 10.0 Å². The third kappa shape index (κ3) is 2.46. The average molecular weight is 319 g/mol. The molecule has 22 heavy (non-hydrogen) atoms. The molecule has 1 aromatic heterocycles. The molecular weight excluding hydrogens is 302 g/mol. The Morgan fingerprint density at radius 1 is 1.14 bits per heavy atom. The molecule has 2 aromatic rings. The van der Waals surface area contributed by atoms with Gasteiger partial charge < -0.3 is 0 Å². The number of aldehydes is 1. The summed E-state index contributed by atoms with van der Waals surface area (Å²) in [6.45, 7) is 2.93. The molecule has 0 spiro atoms. The van der Waals surface area contributed by atoms with Crippen LogP contribution < -0.4 is 0 Å². The molecule has 6 nitrogen and oxygen atoms in total. The minimum absolute atomic E-state index is 0.0655. The molecule has 7 heteroatoms. The van der Waals surface area contributed by atoms with Crippen molar-refractivity contribution in [3.8, 4) is 5.69 Å². The minimum atomic E-state index is -3.71. The molecule has 0 unspecified atom stereocenters. The predicted octanol–water partition coefficient (Wildman–Crippen LogP) is 1.78. The molecule has 1 saturated heterocycles. The number of carbonyl (C=O) groups is 1. The summed E-state index contributed by atoms with van der Waals surface area (Å²) in [6, 6.07) is 7.46. The van der Waals surface area contributed by atoms with Gasteiger partial charge in [0.1, 0.15) is 12.0 Å². The fraction of sp³-hybridized carbons (Fsp3) is 0.333. The molecule has 116 valence electrons. The van der Waals surface area contributed by atoms with Crippen molar-refractivity contribution in [1.29, 1.82) is 0 Å². The van der Waals surface area contributed by atoms with Crippen LogP contribution in [0.3, 0.4) is 0 Å². The molecule has 1 aliphatic heterocycles. The van der Waals surface area contributed by atoms with Crippen LogP contribution in [-0.4, -0.2) is 41.6 Å². The largest absolute Gasteiger partial charge is 0.296 e. The number of hydrogen-bond acceptors (Lipinski definition) is 4. The Bertz CT molecular complexity index is 788. The number of benzene rings is 1. The summed E-state index contributed by atoms with van der Waals surface area (Å²) < 4.78 is 28.1. The quantitative estimate of drug-likeness (QED) is 0.805. The van der Waals surface area contributed by atoms with E-state index in [-0.39, 0.29) is 10.7 Å². The molecule has 0 radical (unpaired) electrons. The Morgan fingerprint density at radius 2 is 1.77 bits per heavy atom. The average Bonchev–Trinajstić information content (AvgIpc) is 3.17. The van der Waals surface area contributed by atoms with Gasteiger partial charge in [0.15, 0.2) is 11.3 Å². The van der Waals surface area contributed by atoms with Crippen LogP contribution >= 0.6 is 0 Å². The number of sulfonamides is 1. The molecule has 3 rings (SSSR count). The van der Waals surface area contributed by atoms with Gasteiger partial charge in [-0.15, -0.1) is 0 Å². The molecular formula is C15H17N3O3S. The first-order valence-electron chi connectivity index (χ1n) is 7.14. The fourth-order valence-corrected chi connectivity index (χ4v) is 4.18. The van der Waals surface area contributed by atoms with E-state index in [9.17, 15) is 13.2 Å². The second kappa shape index (κ2) is 5.66. The highest BCUT2D eigenvalue weighted by atomic mass is 32.2. The zero-order valence-electron chi connectivity index (χ0n) is 12.3. The van der Waals surface area contributed by atoms with Crippen molar-refractivity contribution in [2.75, 3.05) is 13.1 Å². The molecule has 0 aliphatic carbocycles. The first-order valence-corrected chi connectivity index (χ1v) is 8.58. The molecule has 1 aromatic carbocycles. The standard InChI is InChI=1S/C15H17N3O3S/c1-12-4-6-13(7-5-12)18-11-16-15(14(18)10-19)22(20,21)17-8-2-3-9-17/h4-7,10-11H,2-3,8-9H2,1H3. The van der Waals surface area contributed by atoms with Crippen molar-refractivity contribution >= 4 is 16.3 Å². The molecule has 0 N–H and O–H groups in total. The summed E-state index contributed by atoms with van der Waals surface area (Å²) >= 11 is 0. The molecule has 0 saturated carbocycles. The Labute approximate surface area is 129 Å². The van der Waals surface area contributed by atoms with Gasteiger partial charge >= 0.3 is 0 Å². The van der Waals surface area contributed by atoms with Crippen LogP contribution in [0, 0.1) is 6.92 Å². The molecule has 0 atom stereocenters. The van der Waals surface area contributed by atoms with Gasteiger partial charge in [-0.25, -0.2) is 13.4 Å². The van der Waals surface area contributed by atoms with Crippen LogP contribution in [0.15, 0.2) is 35.6 Å². The third-order valence-corrected chi connectivity index (χ3v) is 5.69. The summed E-state index contributed by atoms with van der Waals surface area (Å²) in [5.41, 5.74) is 1.86. The van der Waals surface area contributed by atoms with Gasteiger partial charge in [-0.3, -0.25) is 9.36 Å². The third-order valence-electron chi connectivity index (χ3n) is 3.84. The monoisotopic (exact) mass is 319 g/mol. The Hall–Kier alpha value is -1.99. The lowest BCUT2D eigenvalue weighted by atomic mass is 10.2. The number of nitrogens with zero attached hydrogens (tertiary/aromatic N) is 3. The van der Waals surface area contributed by atoms with E-state index >= 15 is 0 Å². The summed E-state index contributed by atoms with van der Waals surface area (Å²) in [5, 5.41) is -0.162. The molecule has 1 fully saturated rings. The molecule has 1 aliphatic rings. The molecule has 0 amide bonds. The van der Waals surface area contributed by atoms with Crippen molar-refractivity contribution in [3.05, 3.63) is 41.9 Å². The highest BCUT2D eigenvalue weighted by Gasteiger charge is 2.32. The van der Waals surface area contributed by atoms with Crippen molar-refractivity contribution < 1.29 is 13.2 Å². The van der Waals surface area contributed by atoms with E-state index in [2.05, 4.69) is 4.98 Å². The van der Waals surface area contributed by atoms with Crippen molar-refractivity contribution in [1.82, 2.24) is 13.9 Å². The van der Waals surface area contributed by atoms with Crippen LogP contribution in [0.2, 0.25) is 0 Å². The highest BCUT2D eigenvalue weighted by molar-refractivity contribution is 7.89. The normalized spacial score (nSPS) is 16.0. The topological polar surface area (TPSA) is 72.3 Å². The Balaban J connectivity index is 2.07. The van der Waals surface area contributed by atoms with Crippen LogP contribution in [0.1, 0.15) is 28.9 Å². The van der Waals surface area contributed by atoms with E-state index in [4.69, 9.17) is 0 Å². The lowest BCUT2D eigenvalue weighted by Gasteiger charge is -2.14. The van der Waals surface area contributed by atoms with Crippen molar-refractivity contribution in [2.45, 2.75) is 24.8 Å². The van der Waals surface area contributed by atoms with E-state index in [1.54, 1.807) is 0 Å². The number of hydrogen-bond donors (Lipinski definition) is 0. The zero-order valence-corrected chi connectivity index (χ0v) is 13.1. The lowest BCUT2D eigenvalue weighted by molar-refractivity contribution is 0.111. The van der Waals surface area contributed by atoms with Crippen molar-refractivity contribution in [3.63, 3.8) is 0 Å². The number of imidazole rings is 1. The zero-order chi connectivity index (χ0) is 15.7. The number of carbonyl (C=O) groups excluding carboxylic acids is 1. The number of rotatable bonds is 4. The van der Waals surface area contributed by atoms with Crippen LogP contribution in [0.5, 0.6) is 0 Å². The van der Waals surface area contributed by atoms with Gasteiger partial charge in [-0.1, -0.05) is 17.7 Å². The summed E-state index contributed by atoms with van der Waals surface area (Å²) in [5.74, 6) is 0. The maximum atomic E-state index is 12.6. The number of aromatic nitrogens is 2. The summed E-state index contributed by atoms with van der Waals surface area (Å²) in [6.07, 6.45) is 3.62. The van der Waals surface area contributed by atoms with Gasteiger partial charge in [0, 0.05) is 18.8 Å². The van der Waals surface area contributed by atoms with E-state index in [0.29, 0.717) is 25.1 Å². The van der Waals surface area contributed by atoms with Gasteiger partial charge in [-0.2, -0.15) is 4.31 Å². The Kier molecular flexibility index (Phi) is 3.84. The number of aryl methyl sites for hydroxylation is 1. The van der Waals surface area contributed by atoms with E-state index in [1.807, 2.05) is 31.2 Å². The lowest BCUT2D eigenvalue weighted by Crippen LogP contribution is -2.29.